The summed E-state index contributed by atoms with van der Waals surface area (Å²) >= 11 is 1.42. The second-order valence-electron chi connectivity index (χ2n) is 7.41. The highest BCUT2D eigenvalue weighted by Crippen LogP contribution is 2.29. The van der Waals surface area contributed by atoms with E-state index in [4.69, 9.17) is 4.74 Å². The first-order valence-electron chi connectivity index (χ1n) is 9.99. The Hall–Kier alpha value is -3.50. The average molecular weight is 483 g/mol. The van der Waals surface area contributed by atoms with Gasteiger partial charge in [-0.3, -0.25) is 8.99 Å². The van der Waals surface area contributed by atoms with Crippen LogP contribution in [-0.2, 0) is 28.4 Å². The number of rotatable bonds is 7. The third kappa shape index (κ3) is 4.81. The third-order valence-corrected chi connectivity index (χ3v) is 7.72. The number of benzene rings is 2. The van der Waals surface area contributed by atoms with Crippen LogP contribution in [0.25, 0.3) is 10.6 Å². The molecule has 0 N–H and O–H groups in total. The minimum absolute atomic E-state index is 0.0323. The van der Waals surface area contributed by atoms with Gasteiger partial charge in [-0.15, -0.1) is 11.3 Å². The molecular formula is C23H22N4O4S2. The number of methoxy groups -OCH3 is 1. The number of hydrogen-bond acceptors (Lipinski definition) is 7. The number of anilines is 1. The number of aryl methyl sites for hydroxylation is 2. The Morgan fingerprint density at radius 2 is 1.82 bits per heavy atom. The lowest BCUT2D eigenvalue weighted by Gasteiger charge is -2.24. The summed E-state index contributed by atoms with van der Waals surface area (Å²) in [6.45, 7) is 1.93. The van der Waals surface area contributed by atoms with Crippen LogP contribution < -0.4 is 4.31 Å². The van der Waals surface area contributed by atoms with Crippen LogP contribution in [0.4, 0.5) is 5.69 Å². The number of nitrogens with zero attached hydrogens (tertiary/aromatic N) is 4. The number of ether oxygens (including phenoxy) is 1. The van der Waals surface area contributed by atoms with E-state index in [-0.39, 0.29) is 11.4 Å². The molecule has 2 heterocycles. The normalized spacial score (nSPS) is 11.4. The van der Waals surface area contributed by atoms with Crippen molar-refractivity contribution in [1.82, 2.24) is 14.8 Å². The zero-order valence-corrected chi connectivity index (χ0v) is 19.9. The first-order chi connectivity index (χ1) is 15.8. The predicted molar refractivity (Wildman–Crippen MR) is 127 cm³/mol. The van der Waals surface area contributed by atoms with Gasteiger partial charge < -0.3 is 4.74 Å². The van der Waals surface area contributed by atoms with Crippen molar-refractivity contribution in [2.45, 2.75) is 18.4 Å². The molecule has 170 valence electrons. The first kappa shape index (κ1) is 22.7. The molecule has 0 aliphatic carbocycles. The average Bonchev–Trinajstić information content (AvgIpc) is 3.46. The number of carbonyl (C=O) groups excluding carboxylic acids is 1. The molecule has 0 aliphatic heterocycles. The van der Waals surface area contributed by atoms with Crippen LogP contribution in [0.15, 0.2) is 71.2 Å². The maximum absolute atomic E-state index is 13.6. The Kier molecular flexibility index (Phi) is 6.30. The highest BCUT2D eigenvalue weighted by molar-refractivity contribution is 7.92. The summed E-state index contributed by atoms with van der Waals surface area (Å²) in [6, 6.07) is 13.0. The Balaban J connectivity index is 1.72. The number of hydrogen-bond donors (Lipinski definition) is 0. The fraction of sp³-hybridized carbons (Fsp3) is 0.174. The van der Waals surface area contributed by atoms with E-state index in [0.29, 0.717) is 16.9 Å². The van der Waals surface area contributed by atoms with Crippen molar-refractivity contribution < 1.29 is 17.9 Å². The van der Waals surface area contributed by atoms with Crippen LogP contribution >= 0.6 is 11.3 Å². The third-order valence-electron chi connectivity index (χ3n) is 4.99. The summed E-state index contributed by atoms with van der Waals surface area (Å²) in [7, 11) is -0.770. The Labute approximate surface area is 196 Å². The molecule has 8 nitrogen and oxygen atoms in total. The Morgan fingerprint density at radius 1 is 1.12 bits per heavy atom. The van der Waals surface area contributed by atoms with Crippen molar-refractivity contribution in [3.8, 4) is 10.6 Å². The van der Waals surface area contributed by atoms with Gasteiger partial charge in [-0.1, -0.05) is 17.7 Å². The molecule has 0 fully saturated rings. The van der Waals surface area contributed by atoms with E-state index in [0.717, 1.165) is 16.1 Å². The van der Waals surface area contributed by atoms with Crippen molar-refractivity contribution in [2.24, 2.45) is 7.05 Å². The summed E-state index contributed by atoms with van der Waals surface area (Å²) in [6.07, 6.45) is 3.57. The van der Waals surface area contributed by atoms with Crippen molar-refractivity contribution >= 4 is 33.0 Å². The van der Waals surface area contributed by atoms with Gasteiger partial charge in [-0.2, -0.15) is 5.10 Å². The SMILES string of the molecule is COC(=O)c1ccc(N(Cc2csc(-c3cnn(C)c3)n2)S(=O)(=O)c2ccc(C)cc2)cc1. The summed E-state index contributed by atoms with van der Waals surface area (Å²) in [5, 5.41) is 6.76. The number of esters is 1. The summed E-state index contributed by atoms with van der Waals surface area (Å²) in [5.41, 5.74) is 3.18. The highest BCUT2D eigenvalue weighted by atomic mass is 32.2. The fourth-order valence-corrected chi connectivity index (χ4v) is 5.45. The van der Waals surface area contributed by atoms with Gasteiger partial charge in [0.25, 0.3) is 10.0 Å². The van der Waals surface area contributed by atoms with Gasteiger partial charge in [-0.05, 0) is 43.3 Å². The minimum Gasteiger partial charge on any atom is -0.465 e. The molecular weight excluding hydrogens is 460 g/mol. The number of sulfonamides is 1. The molecule has 4 aromatic rings. The van der Waals surface area contributed by atoms with Crippen LogP contribution in [0, 0.1) is 6.92 Å². The summed E-state index contributed by atoms with van der Waals surface area (Å²) in [5.74, 6) is -0.491. The smallest absolute Gasteiger partial charge is 0.337 e. The quantitative estimate of drug-likeness (QED) is 0.369. The zero-order valence-electron chi connectivity index (χ0n) is 18.3. The van der Waals surface area contributed by atoms with E-state index in [2.05, 4.69) is 10.1 Å². The summed E-state index contributed by atoms with van der Waals surface area (Å²) in [4.78, 5) is 16.6. The van der Waals surface area contributed by atoms with Crippen molar-refractivity contribution in [2.75, 3.05) is 11.4 Å². The van der Waals surface area contributed by atoms with E-state index in [1.807, 2.05) is 25.5 Å². The van der Waals surface area contributed by atoms with Gasteiger partial charge in [0.05, 0.1) is 41.7 Å². The van der Waals surface area contributed by atoms with Crippen LogP contribution in [0.2, 0.25) is 0 Å². The fourth-order valence-electron chi connectivity index (χ4n) is 3.23. The molecule has 0 bridgehead atoms. The van der Waals surface area contributed by atoms with E-state index in [9.17, 15) is 13.2 Å². The predicted octanol–water partition coefficient (Wildman–Crippen LogP) is 4.03. The van der Waals surface area contributed by atoms with Gasteiger partial charge in [-0.25, -0.2) is 18.2 Å². The minimum atomic E-state index is -3.89. The highest BCUT2D eigenvalue weighted by Gasteiger charge is 2.26. The molecule has 0 amide bonds. The second kappa shape index (κ2) is 9.16. The molecule has 0 unspecified atom stereocenters. The van der Waals surface area contributed by atoms with Gasteiger partial charge in [0.15, 0.2) is 0 Å². The van der Waals surface area contributed by atoms with Crippen molar-refractivity contribution in [3.05, 3.63) is 83.1 Å². The molecule has 0 aliphatic rings. The molecule has 10 heteroatoms. The lowest BCUT2D eigenvalue weighted by Crippen LogP contribution is -2.30. The molecule has 0 radical (unpaired) electrons. The maximum Gasteiger partial charge on any atom is 0.337 e. The van der Waals surface area contributed by atoms with Crippen LogP contribution in [-0.4, -0.2) is 36.3 Å². The lowest BCUT2D eigenvalue weighted by atomic mass is 10.2. The monoisotopic (exact) mass is 482 g/mol. The van der Waals surface area contributed by atoms with Gasteiger partial charge in [0, 0.05) is 24.2 Å². The van der Waals surface area contributed by atoms with Crippen LogP contribution in [0.3, 0.4) is 0 Å². The van der Waals surface area contributed by atoms with Crippen molar-refractivity contribution in [1.29, 1.82) is 0 Å². The molecule has 2 aromatic heterocycles. The van der Waals surface area contributed by atoms with E-state index < -0.39 is 16.0 Å². The molecule has 33 heavy (non-hydrogen) atoms. The Bertz CT molecular complexity index is 1370. The molecule has 2 aromatic carbocycles. The van der Waals surface area contributed by atoms with Crippen LogP contribution in [0.1, 0.15) is 21.6 Å². The van der Waals surface area contributed by atoms with E-state index in [1.54, 1.807) is 59.4 Å². The molecule has 0 spiro atoms. The zero-order chi connectivity index (χ0) is 23.6. The molecule has 0 saturated carbocycles. The van der Waals surface area contributed by atoms with Crippen molar-refractivity contribution in [3.63, 3.8) is 0 Å². The number of thiazole rings is 1. The number of carbonyl (C=O) groups is 1. The van der Waals surface area contributed by atoms with Gasteiger partial charge in [0.1, 0.15) is 5.01 Å². The maximum atomic E-state index is 13.6. The Morgan fingerprint density at radius 3 is 2.42 bits per heavy atom. The molecule has 4 rings (SSSR count). The standard InChI is InChI=1S/C23H22N4O4S2/c1-16-4-10-21(11-5-16)33(29,30)27(20-8-6-17(7-9-20)23(28)31-3)14-19-15-32-22(25-19)18-12-24-26(2)13-18/h4-13,15H,14H2,1-3H3. The second-order valence-corrected chi connectivity index (χ2v) is 10.1. The van der Waals surface area contributed by atoms with E-state index >= 15 is 0 Å². The first-order valence-corrected chi connectivity index (χ1v) is 12.3. The summed E-state index contributed by atoms with van der Waals surface area (Å²) < 4.78 is 34.9. The van der Waals surface area contributed by atoms with Gasteiger partial charge in [0.2, 0.25) is 0 Å². The van der Waals surface area contributed by atoms with Gasteiger partial charge >= 0.3 is 5.97 Å². The largest absolute Gasteiger partial charge is 0.465 e. The topological polar surface area (TPSA) is 94.4 Å². The van der Waals surface area contributed by atoms with Crippen LogP contribution in [0.5, 0.6) is 0 Å². The molecule has 0 saturated heterocycles. The molecule has 0 atom stereocenters. The lowest BCUT2D eigenvalue weighted by molar-refractivity contribution is 0.0600. The van der Waals surface area contributed by atoms with E-state index in [1.165, 1.54) is 22.8 Å². The number of aromatic nitrogens is 3.